The monoisotopic (exact) mass is 279 g/mol. The second-order valence-electron chi connectivity index (χ2n) is 5.51. The normalized spacial score (nSPS) is 17.3. The van der Waals surface area contributed by atoms with Gasteiger partial charge in [0.05, 0.1) is 11.8 Å². The Hall–Kier alpha value is -1.40. The van der Waals surface area contributed by atoms with Gasteiger partial charge in [0.2, 0.25) is 0 Å². The average molecular weight is 279 g/mol. The zero-order chi connectivity index (χ0) is 14.4. The number of unbranched alkanes of at least 4 members (excludes halogenated alkanes) is 1. The summed E-state index contributed by atoms with van der Waals surface area (Å²) in [6, 6.07) is 0. The number of nitrogens with zero attached hydrogens (tertiary/aromatic N) is 4. The van der Waals surface area contributed by atoms with E-state index in [-0.39, 0.29) is 5.91 Å². The standard InChI is InChI=1S/C14H25N5O/c1-17-7-9-19(10-8-17)6-4-3-5-15-14(20)13-11-16-18(2)12-13/h11-12H,3-10H2,1-2H3,(H,15,20). The number of piperazine rings is 1. The zero-order valence-corrected chi connectivity index (χ0v) is 12.5. The van der Waals surface area contributed by atoms with Gasteiger partial charge in [0.1, 0.15) is 0 Å². The van der Waals surface area contributed by atoms with E-state index in [0.29, 0.717) is 5.56 Å². The smallest absolute Gasteiger partial charge is 0.254 e. The highest BCUT2D eigenvalue weighted by atomic mass is 16.1. The van der Waals surface area contributed by atoms with Gasteiger partial charge in [-0.1, -0.05) is 0 Å². The maximum absolute atomic E-state index is 11.8. The van der Waals surface area contributed by atoms with Gasteiger partial charge in [0.15, 0.2) is 0 Å². The van der Waals surface area contributed by atoms with Crippen LogP contribution < -0.4 is 5.32 Å². The van der Waals surface area contributed by atoms with Crippen molar-refractivity contribution in [2.75, 3.05) is 46.3 Å². The van der Waals surface area contributed by atoms with Crippen LogP contribution in [-0.4, -0.2) is 71.8 Å². The van der Waals surface area contributed by atoms with Crippen LogP contribution in [-0.2, 0) is 7.05 Å². The van der Waals surface area contributed by atoms with Crippen LogP contribution in [0.5, 0.6) is 0 Å². The number of aromatic nitrogens is 2. The number of likely N-dealkylation sites (N-methyl/N-ethyl adjacent to an activating group) is 1. The average Bonchev–Trinajstić information content (AvgIpc) is 2.87. The fraction of sp³-hybridized carbons (Fsp3) is 0.714. The Morgan fingerprint density at radius 1 is 1.25 bits per heavy atom. The molecule has 112 valence electrons. The van der Waals surface area contributed by atoms with Gasteiger partial charge >= 0.3 is 0 Å². The summed E-state index contributed by atoms with van der Waals surface area (Å²) in [5.41, 5.74) is 0.631. The molecule has 1 aliphatic rings. The molecule has 1 aliphatic heterocycles. The maximum atomic E-state index is 11.8. The van der Waals surface area contributed by atoms with Gasteiger partial charge in [-0.2, -0.15) is 5.10 Å². The molecule has 1 aromatic rings. The highest BCUT2D eigenvalue weighted by Gasteiger charge is 2.12. The third-order valence-electron chi connectivity index (χ3n) is 3.75. The fourth-order valence-corrected chi connectivity index (χ4v) is 2.37. The first-order chi connectivity index (χ1) is 9.65. The van der Waals surface area contributed by atoms with Crippen LogP contribution in [0.2, 0.25) is 0 Å². The van der Waals surface area contributed by atoms with Crippen LogP contribution in [0.15, 0.2) is 12.4 Å². The molecule has 1 N–H and O–H groups in total. The molecule has 0 saturated carbocycles. The van der Waals surface area contributed by atoms with Gasteiger partial charge in [0, 0.05) is 46.0 Å². The van der Waals surface area contributed by atoms with Gasteiger partial charge in [-0.25, -0.2) is 0 Å². The molecule has 20 heavy (non-hydrogen) atoms. The molecule has 6 heteroatoms. The van der Waals surface area contributed by atoms with Gasteiger partial charge in [-0.05, 0) is 26.4 Å². The van der Waals surface area contributed by atoms with Crippen LogP contribution in [0.4, 0.5) is 0 Å². The molecular weight excluding hydrogens is 254 g/mol. The van der Waals surface area contributed by atoms with Crippen molar-refractivity contribution >= 4 is 5.91 Å². The lowest BCUT2D eigenvalue weighted by molar-refractivity contribution is 0.0952. The molecule has 2 rings (SSSR count). The van der Waals surface area contributed by atoms with Crippen molar-refractivity contribution < 1.29 is 4.79 Å². The molecule has 0 unspecified atom stereocenters. The third-order valence-corrected chi connectivity index (χ3v) is 3.75. The van der Waals surface area contributed by atoms with Gasteiger partial charge in [0.25, 0.3) is 5.91 Å². The van der Waals surface area contributed by atoms with E-state index in [4.69, 9.17) is 0 Å². The summed E-state index contributed by atoms with van der Waals surface area (Å²) in [4.78, 5) is 16.6. The predicted octanol–water partition coefficient (Wildman–Crippen LogP) is 0.178. The zero-order valence-electron chi connectivity index (χ0n) is 12.5. The Morgan fingerprint density at radius 3 is 2.65 bits per heavy atom. The van der Waals surface area contributed by atoms with E-state index >= 15 is 0 Å². The van der Waals surface area contributed by atoms with Crippen LogP contribution in [0.3, 0.4) is 0 Å². The van der Waals surface area contributed by atoms with Gasteiger partial charge in [-0.15, -0.1) is 0 Å². The summed E-state index contributed by atoms with van der Waals surface area (Å²) in [5.74, 6) is -0.0299. The first-order valence-corrected chi connectivity index (χ1v) is 7.33. The molecule has 2 heterocycles. The molecule has 1 amide bonds. The number of carbonyl (C=O) groups excluding carboxylic acids is 1. The summed E-state index contributed by atoms with van der Waals surface area (Å²) in [5, 5.41) is 6.93. The fourth-order valence-electron chi connectivity index (χ4n) is 2.37. The largest absolute Gasteiger partial charge is 0.352 e. The summed E-state index contributed by atoms with van der Waals surface area (Å²) in [7, 11) is 3.98. The Bertz CT molecular complexity index is 423. The minimum atomic E-state index is -0.0299. The number of rotatable bonds is 6. The van der Waals surface area contributed by atoms with Crippen molar-refractivity contribution in [1.82, 2.24) is 24.9 Å². The van der Waals surface area contributed by atoms with E-state index in [9.17, 15) is 4.79 Å². The summed E-state index contributed by atoms with van der Waals surface area (Å²) < 4.78 is 1.64. The van der Waals surface area contributed by atoms with E-state index in [1.165, 1.54) is 13.1 Å². The van der Waals surface area contributed by atoms with Crippen LogP contribution in [0.25, 0.3) is 0 Å². The minimum Gasteiger partial charge on any atom is -0.352 e. The first kappa shape index (κ1) is 15.0. The Balaban J connectivity index is 1.54. The molecule has 1 aromatic heterocycles. The summed E-state index contributed by atoms with van der Waals surface area (Å²) in [6.45, 7) is 6.53. The SMILES string of the molecule is CN1CCN(CCCCNC(=O)c2cnn(C)c2)CC1. The number of hydrogen-bond donors (Lipinski definition) is 1. The number of carbonyl (C=O) groups is 1. The molecule has 0 atom stereocenters. The second-order valence-corrected chi connectivity index (χ2v) is 5.51. The summed E-state index contributed by atoms with van der Waals surface area (Å²) >= 11 is 0. The number of aryl methyl sites for hydroxylation is 1. The van der Waals surface area contributed by atoms with Crippen molar-refractivity contribution in [3.8, 4) is 0 Å². The number of nitrogens with one attached hydrogen (secondary N) is 1. The molecule has 0 bridgehead atoms. The van der Waals surface area contributed by atoms with E-state index in [0.717, 1.165) is 39.0 Å². The van der Waals surface area contributed by atoms with Gasteiger partial charge in [-0.3, -0.25) is 9.48 Å². The van der Waals surface area contributed by atoms with Crippen LogP contribution in [0, 0.1) is 0 Å². The van der Waals surface area contributed by atoms with Crippen molar-refractivity contribution in [1.29, 1.82) is 0 Å². The van der Waals surface area contributed by atoms with Crippen LogP contribution in [0.1, 0.15) is 23.2 Å². The van der Waals surface area contributed by atoms with E-state index in [1.807, 2.05) is 7.05 Å². The molecular formula is C14H25N5O. The van der Waals surface area contributed by atoms with E-state index in [2.05, 4.69) is 27.3 Å². The van der Waals surface area contributed by atoms with E-state index < -0.39 is 0 Å². The molecule has 0 aliphatic carbocycles. The molecule has 0 radical (unpaired) electrons. The minimum absolute atomic E-state index is 0.0299. The quantitative estimate of drug-likeness (QED) is 0.755. The molecule has 1 fully saturated rings. The Morgan fingerprint density at radius 2 is 2.00 bits per heavy atom. The first-order valence-electron chi connectivity index (χ1n) is 7.33. The lowest BCUT2D eigenvalue weighted by atomic mass is 10.2. The second kappa shape index (κ2) is 7.40. The highest BCUT2D eigenvalue weighted by Crippen LogP contribution is 2.01. The predicted molar refractivity (Wildman–Crippen MR) is 78.7 cm³/mol. The summed E-state index contributed by atoms with van der Waals surface area (Å²) in [6.07, 6.45) is 5.49. The highest BCUT2D eigenvalue weighted by molar-refractivity contribution is 5.93. The number of hydrogen-bond acceptors (Lipinski definition) is 4. The lowest BCUT2D eigenvalue weighted by Crippen LogP contribution is -2.44. The molecule has 0 spiro atoms. The Labute approximate surface area is 120 Å². The number of amides is 1. The maximum Gasteiger partial charge on any atom is 0.254 e. The van der Waals surface area contributed by atoms with Crippen molar-refractivity contribution in [2.24, 2.45) is 7.05 Å². The van der Waals surface area contributed by atoms with Crippen molar-refractivity contribution in [3.05, 3.63) is 18.0 Å². The molecule has 6 nitrogen and oxygen atoms in total. The van der Waals surface area contributed by atoms with E-state index in [1.54, 1.807) is 17.1 Å². The lowest BCUT2D eigenvalue weighted by Gasteiger charge is -2.32. The third kappa shape index (κ3) is 4.61. The van der Waals surface area contributed by atoms with Crippen molar-refractivity contribution in [2.45, 2.75) is 12.8 Å². The molecule has 1 saturated heterocycles. The topological polar surface area (TPSA) is 53.4 Å². The Kier molecular flexibility index (Phi) is 5.55. The van der Waals surface area contributed by atoms with Crippen LogP contribution >= 0.6 is 0 Å². The van der Waals surface area contributed by atoms with Gasteiger partial charge < -0.3 is 15.1 Å². The molecule has 0 aromatic carbocycles. The van der Waals surface area contributed by atoms with Crippen molar-refractivity contribution in [3.63, 3.8) is 0 Å².